The van der Waals surface area contributed by atoms with Crippen molar-refractivity contribution >= 4 is 17.9 Å². The average molecular weight is 628 g/mol. The van der Waals surface area contributed by atoms with Crippen LogP contribution in [0.15, 0.2) is 152 Å². The fourth-order valence-corrected chi connectivity index (χ4v) is 5.62. The first-order valence-electron chi connectivity index (χ1n) is 15.4. The first-order valence-corrected chi connectivity index (χ1v) is 15.4. The number of benzene rings is 5. The summed E-state index contributed by atoms with van der Waals surface area (Å²) in [5.41, 5.74) is 2.99. The smallest absolute Gasteiger partial charge is 0.322 e. The Bertz CT molecular complexity index is 1560. The van der Waals surface area contributed by atoms with Crippen LogP contribution in [0.5, 0.6) is 0 Å². The summed E-state index contributed by atoms with van der Waals surface area (Å²) in [6, 6.07) is 46.4. The molecule has 0 aliphatic carbocycles. The summed E-state index contributed by atoms with van der Waals surface area (Å²) in [4.78, 5) is 41.0. The van der Waals surface area contributed by atoms with Crippen molar-refractivity contribution in [2.24, 2.45) is 5.92 Å². The molecule has 0 radical (unpaired) electrons. The second-order valence-corrected chi connectivity index (χ2v) is 11.0. The molecule has 0 saturated carbocycles. The van der Waals surface area contributed by atoms with Crippen LogP contribution in [0.1, 0.15) is 34.2 Å². The van der Waals surface area contributed by atoms with Crippen LogP contribution < -0.4 is 5.32 Å². The number of ether oxygens (including phenoxy) is 3. The van der Waals surface area contributed by atoms with Gasteiger partial charge >= 0.3 is 17.9 Å². The van der Waals surface area contributed by atoms with Crippen molar-refractivity contribution in [3.8, 4) is 0 Å². The Labute approximate surface area is 275 Å². The van der Waals surface area contributed by atoms with Crippen molar-refractivity contribution in [3.05, 3.63) is 179 Å². The summed E-state index contributed by atoms with van der Waals surface area (Å²) in [7, 11) is 1.28. The minimum Gasteiger partial charge on any atom is -0.468 e. The second-order valence-electron chi connectivity index (χ2n) is 11.0. The summed E-state index contributed by atoms with van der Waals surface area (Å²) in [6.07, 6.45) is -0.276. The monoisotopic (exact) mass is 627 g/mol. The van der Waals surface area contributed by atoms with Crippen LogP contribution in [0.4, 0.5) is 0 Å². The van der Waals surface area contributed by atoms with Gasteiger partial charge in [-0.25, -0.2) is 0 Å². The SMILES string of the molecule is COC(=O)[C@H](CC(C(=O)OCc1ccccc1)C(=O)OCc1ccccc1)NC(c1ccccc1)(c1ccccc1)c1ccccc1. The first-order chi connectivity index (χ1) is 23.0. The van der Waals surface area contributed by atoms with Gasteiger partial charge in [0.1, 0.15) is 19.3 Å². The van der Waals surface area contributed by atoms with Crippen LogP contribution in [0.3, 0.4) is 0 Å². The van der Waals surface area contributed by atoms with Crippen molar-refractivity contribution in [1.82, 2.24) is 5.32 Å². The lowest BCUT2D eigenvalue weighted by Crippen LogP contribution is -2.54. The minimum atomic E-state index is -1.43. The fraction of sp³-hybridized carbons (Fsp3) is 0.175. The van der Waals surface area contributed by atoms with Gasteiger partial charge in [0.25, 0.3) is 0 Å². The Kier molecular flexibility index (Phi) is 11.3. The molecule has 0 aromatic heterocycles. The molecular weight excluding hydrogens is 590 g/mol. The van der Waals surface area contributed by atoms with Gasteiger partial charge in [0.2, 0.25) is 0 Å². The lowest BCUT2D eigenvalue weighted by molar-refractivity contribution is -0.165. The molecule has 5 aromatic rings. The summed E-state index contributed by atoms with van der Waals surface area (Å²) in [6.45, 7) is -0.0825. The summed E-state index contributed by atoms with van der Waals surface area (Å²) in [5.74, 6) is -3.67. The van der Waals surface area contributed by atoms with E-state index in [2.05, 4.69) is 5.32 Å². The summed E-state index contributed by atoms with van der Waals surface area (Å²) >= 11 is 0. The lowest BCUT2D eigenvalue weighted by atomic mass is 9.76. The van der Waals surface area contributed by atoms with E-state index in [0.717, 1.165) is 27.8 Å². The number of hydrogen-bond donors (Lipinski definition) is 1. The number of carbonyl (C=O) groups excluding carboxylic acids is 3. The summed E-state index contributed by atoms with van der Waals surface area (Å²) in [5, 5.41) is 3.56. The highest BCUT2D eigenvalue weighted by Gasteiger charge is 2.43. The Balaban J connectivity index is 1.53. The predicted octanol–water partition coefficient (Wildman–Crippen LogP) is 6.60. The van der Waals surface area contributed by atoms with E-state index in [4.69, 9.17) is 14.2 Å². The number of esters is 3. The van der Waals surface area contributed by atoms with Crippen LogP contribution in [-0.4, -0.2) is 31.1 Å². The van der Waals surface area contributed by atoms with Gasteiger partial charge in [-0.1, -0.05) is 152 Å². The van der Waals surface area contributed by atoms with Gasteiger partial charge in [0, 0.05) is 0 Å². The highest BCUT2D eigenvalue weighted by atomic mass is 16.6. The molecule has 0 amide bonds. The molecule has 1 atom stereocenters. The zero-order chi connectivity index (χ0) is 32.9. The van der Waals surface area contributed by atoms with E-state index in [1.807, 2.05) is 152 Å². The van der Waals surface area contributed by atoms with E-state index in [-0.39, 0.29) is 19.6 Å². The number of carbonyl (C=O) groups is 3. The number of hydrogen-bond acceptors (Lipinski definition) is 7. The van der Waals surface area contributed by atoms with Gasteiger partial charge in [0.15, 0.2) is 5.92 Å². The Morgan fingerprint density at radius 3 is 1.21 bits per heavy atom. The Morgan fingerprint density at radius 2 is 0.872 bits per heavy atom. The van der Waals surface area contributed by atoms with Gasteiger partial charge in [-0.15, -0.1) is 0 Å². The molecule has 1 N–H and O–H groups in total. The number of nitrogens with one attached hydrogen (secondary N) is 1. The maximum absolute atomic E-state index is 13.7. The molecule has 5 rings (SSSR count). The molecule has 0 fully saturated rings. The van der Waals surface area contributed by atoms with Crippen molar-refractivity contribution in [2.75, 3.05) is 7.11 Å². The molecule has 0 unspecified atom stereocenters. The van der Waals surface area contributed by atoms with Crippen molar-refractivity contribution in [1.29, 1.82) is 0 Å². The minimum absolute atomic E-state index is 0.0412. The molecule has 238 valence electrons. The maximum atomic E-state index is 13.7. The highest BCUT2D eigenvalue weighted by Crippen LogP contribution is 2.38. The molecule has 5 aromatic carbocycles. The van der Waals surface area contributed by atoms with Gasteiger partial charge in [0.05, 0.1) is 12.6 Å². The van der Waals surface area contributed by atoms with E-state index < -0.39 is 35.4 Å². The van der Waals surface area contributed by atoms with E-state index in [0.29, 0.717) is 0 Å². The molecule has 0 bridgehead atoms. The second kappa shape index (κ2) is 16.2. The zero-order valence-corrected chi connectivity index (χ0v) is 26.2. The molecule has 0 spiro atoms. The van der Waals surface area contributed by atoms with Crippen LogP contribution >= 0.6 is 0 Å². The molecule has 47 heavy (non-hydrogen) atoms. The maximum Gasteiger partial charge on any atom is 0.322 e. The molecular formula is C40H37NO6. The van der Waals surface area contributed by atoms with Gasteiger partial charge in [-0.2, -0.15) is 0 Å². The van der Waals surface area contributed by atoms with E-state index in [1.54, 1.807) is 0 Å². The molecule has 7 nitrogen and oxygen atoms in total. The van der Waals surface area contributed by atoms with Crippen molar-refractivity contribution in [3.63, 3.8) is 0 Å². The zero-order valence-electron chi connectivity index (χ0n) is 26.2. The third kappa shape index (κ3) is 8.20. The van der Waals surface area contributed by atoms with Crippen LogP contribution in [0, 0.1) is 5.92 Å². The highest BCUT2D eigenvalue weighted by molar-refractivity contribution is 5.95. The van der Waals surface area contributed by atoms with Gasteiger partial charge < -0.3 is 14.2 Å². The topological polar surface area (TPSA) is 90.9 Å². The Morgan fingerprint density at radius 1 is 0.532 bits per heavy atom. The van der Waals surface area contributed by atoms with Crippen molar-refractivity contribution < 1.29 is 28.6 Å². The lowest BCUT2D eigenvalue weighted by Gasteiger charge is -2.40. The normalized spacial score (nSPS) is 11.8. The standard InChI is InChI=1S/C40H37NO6/c1-45-39(44)36(41-40(32-21-11-4-12-22-32,33-23-13-5-14-24-33)34-25-15-6-16-26-34)27-35(37(42)46-28-30-17-7-2-8-18-30)38(43)47-29-31-19-9-3-10-20-31/h2-26,35-36,41H,27-29H2,1H3/t36-/m0/s1. The molecule has 0 heterocycles. The molecule has 0 saturated heterocycles. The first kappa shape index (κ1) is 32.9. The average Bonchev–Trinajstić information content (AvgIpc) is 3.14. The van der Waals surface area contributed by atoms with Gasteiger partial charge in [-0.3, -0.25) is 19.7 Å². The Hall–Kier alpha value is -5.53. The predicted molar refractivity (Wildman–Crippen MR) is 179 cm³/mol. The van der Waals surface area contributed by atoms with Gasteiger partial charge in [-0.05, 0) is 34.2 Å². The molecule has 0 aliphatic rings. The summed E-state index contributed by atoms with van der Waals surface area (Å²) < 4.78 is 16.6. The third-order valence-electron chi connectivity index (χ3n) is 7.99. The quantitative estimate of drug-likeness (QED) is 0.0642. The van der Waals surface area contributed by atoms with Crippen LogP contribution in [-0.2, 0) is 47.3 Å². The molecule has 0 aliphatic heterocycles. The number of rotatable bonds is 14. The number of methoxy groups -OCH3 is 1. The largest absolute Gasteiger partial charge is 0.468 e. The molecule has 7 heteroatoms. The van der Waals surface area contributed by atoms with Crippen molar-refractivity contribution in [2.45, 2.75) is 31.2 Å². The van der Waals surface area contributed by atoms with Crippen LogP contribution in [0.2, 0.25) is 0 Å². The van der Waals surface area contributed by atoms with E-state index >= 15 is 0 Å². The third-order valence-corrected chi connectivity index (χ3v) is 7.99. The fourth-order valence-electron chi connectivity index (χ4n) is 5.62. The van der Waals surface area contributed by atoms with E-state index in [1.165, 1.54) is 7.11 Å². The van der Waals surface area contributed by atoms with Crippen LogP contribution in [0.25, 0.3) is 0 Å². The van der Waals surface area contributed by atoms with E-state index in [9.17, 15) is 14.4 Å².